The minimum atomic E-state index is -4.67. The van der Waals surface area contributed by atoms with E-state index >= 15 is 0 Å². The van der Waals surface area contributed by atoms with Crippen LogP contribution in [0.1, 0.15) is 129 Å². The van der Waals surface area contributed by atoms with Crippen LogP contribution in [0.15, 0.2) is 220 Å². The zero-order valence-corrected chi connectivity index (χ0v) is 92.5. The van der Waals surface area contributed by atoms with Gasteiger partial charge in [-0.25, -0.2) is 24.3 Å². The Morgan fingerprint density at radius 2 is 0.963 bits per heavy atom. The Morgan fingerprint density at radius 3 is 1.28 bits per heavy atom. The van der Waals surface area contributed by atoms with Gasteiger partial charge in [-0.3, -0.25) is 48.4 Å². The van der Waals surface area contributed by atoms with E-state index in [1.807, 2.05) is 111 Å². The van der Waals surface area contributed by atoms with Gasteiger partial charge in [0.15, 0.2) is 16.7 Å². The normalized spacial score (nSPS) is 9.60. The van der Waals surface area contributed by atoms with Crippen molar-refractivity contribution in [3.63, 3.8) is 0 Å². The molecule has 11 N–H and O–H groups in total. The van der Waals surface area contributed by atoms with E-state index < -0.39 is 38.9 Å². The van der Waals surface area contributed by atoms with E-state index in [1.165, 1.54) is 42.7 Å². The predicted molar refractivity (Wildman–Crippen MR) is 540 cm³/mol. The van der Waals surface area contributed by atoms with Gasteiger partial charge in [0.25, 0.3) is 5.91 Å². The van der Waals surface area contributed by atoms with Crippen molar-refractivity contribution in [1.82, 2.24) is 49.8 Å². The third kappa shape index (κ3) is 82.6. The Kier molecular flexibility index (Phi) is 96.1. The van der Waals surface area contributed by atoms with Gasteiger partial charge < -0.3 is 73.1 Å². The van der Waals surface area contributed by atoms with Crippen LogP contribution in [0.2, 0.25) is 0 Å². The van der Waals surface area contributed by atoms with E-state index in [4.69, 9.17) is 133 Å². The second-order valence-electron chi connectivity index (χ2n) is 24.9. The second kappa shape index (κ2) is 85.7. The Bertz CT molecular complexity index is 4940. The molecule has 1 amide bonds. The summed E-state index contributed by atoms with van der Waals surface area (Å²) in [6.07, 6.45) is 24.9. The van der Waals surface area contributed by atoms with Crippen molar-refractivity contribution in [2.75, 3.05) is 33.2 Å². The van der Waals surface area contributed by atoms with Crippen molar-refractivity contribution < 1.29 is 143 Å². The molecule has 1 saturated carbocycles. The number of carbonyl (C=O) groups excluding carboxylic acids is 2. The van der Waals surface area contributed by atoms with Gasteiger partial charge in [0.1, 0.15) is 29.4 Å². The summed E-state index contributed by atoms with van der Waals surface area (Å²) in [7, 11) is -4.67. The minimum absolute atomic E-state index is 0. The first-order valence-electron chi connectivity index (χ1n) is 34.7. The smallest absolute Gasteiger partial charge is 0.619 e. The molecule has 53 heteroatoms. The molecule has 0 atom stereocenters. The standard InChI is InChI=1S/C21H19FN4O2.C10H15BrN2.C6H7BrN2.2C6H6BrNO.2C6H6BrN.2C6H8N2.C2HF3O.CHCl3.CH2Cl2.4CH4.3HNO2.3Na.H2O4S/c1-12-8-25-20(28-15-4-5-15)7-16(12)14-3-6-19(24-9-14)26-21(27)17-10-23-11-18(22)13(17)2;1-7-6-12-9(5-8(7)11)13-10(2,3)4;1-4-3-9-6(8)2-5(4)7;1-4-3-8-6(9)2-5(4)7;1-5-4-8(9)3-2-6(5)7;4*1-5-4-8-3-2-6(5)7;3-2(4,5)1-6;2-1(3)4;2-1-3;;;;;3*2-1-3;;;;1-5(2,3)4/h3,6-11,15H,4-5H2,1-2H3,(H,24,26,27);5-6H,1-4H3,(H,12,13);2-3H,1H3,(H2,8,9);2-3H,1H3,(H,8,9);2-4H,1H3;2*2-4H,1H3;2*2-4H,1H3,(H2,7,8);1H;1H;1H2;4*1H4;3*(H,2,3);;;;(H2,1,2,3,4)/q;;;;;;;;;;;;;;;;;;;3*+1;/p-3. The first kappa shape index (κ1) is 150. The maximum Gasteiger partial charge on any atom is 1.00 e. The summed E-state index contributed by atoms with van der Waals surface area (Å²) < 4.78 is 88.4. The van der Waals surface area contributed by atoms with Crippen molar-refractivity contribution >= 4 is 205 Å². The Balaban J connectivity index is -0.000000140. The summed E-state index contributed by atoms with van der Waals surface area (Å²) in [6, 6.07) is 19.9. The number of alkyl halides is 8. The molecule has 1 aliphatic rings. The monoisotopic (exact) mass is 2410 g/mol. The van der Waals surface area contributed by atoms with Gasteiger partial charge in [-0.1, -0.05) is 160 Å². The molecular formula is C81H103Br6Cl5F4N19Na3O15S. The van der Waals surface area contributed by atoms with Gasteiger partial charge in [-0.2, -0.15) is 26.3 Å². The number of aromatic amines is 1. The molecule has 0 aromatic carbocycles. The molecule has 0 aliphatic heterocycles. The van der Waals surface area contributed by atoms with E-state index in [1.54, 1.807) is 92.3 Å². The Hall–Kier alpha value is -6.49. The molecule has 34 nitrogen and oxygen atoms in total. The molecule has 11 heterocycles. The third-order valence-corrected chi connectivity index (χ3v) is 18.7. The van der Waals surface area contributed by atoms with Crippen molar-refractivity contribution in [3.8, 4) is 17.0 Å². The number of aromatic nitrogens is 11. The number of ether oxygens (including phenoxy) is 1. The van der Waals surface area contributed by atoms with Gasteiger partial charge >= 0.3 is 105 Å². The van der Waals surface area contributed by atoms with Gasteiger partial charge in [-0.15, -0.1) is 39.2 Å². The molecule has 0 bridgehead atoms. The van der Waals surface area contributed by atoms with E-state index in [2.05, 4.69) is 177 Å². The van der Waals surface area contributed by atoms with Crippen molar-refractivity contribution in [2.24, 2.45) is 16.0 Å². The number of aldehydes is 1. The van der Waals surface area contributed by atoms with Crippen LogP contribution in [0, 0.1) is 111 Å². The maximum atomic E-state index is 13.6. The quantitative estimate of drug-likeness (QED) is 0.00882. The number of halogens is 15. The summed E-state index contributed by atoms with van der Waals surface area (Å²) in [5.41, 5.74) is 29.9. The number of nitrogens with one attached hydrogen (secondary N) is 3. The number of rotatable bonds is 6. The zero-order valence-electron chi connectivity index (χ0n) is 72.3. The fourth-order valence-electron chi connectivity index (χ4n) is 7.21. The van der Waals surface area contributed by atoms with Gasteiger partial charge in [0.2, 0.25) is 17.7 Å². The largest absolute Gasteiger partial charge is 1.00 e. The van der Waals surface area contributed by atoms with Crippen LogP contribution < -0.4 is 132 Å². The van der Waals surface area contributed by atoms with E-state index in [0.29, 0.717) is 17.5 Å². The molecule has 1 aliphatic carbocycles. The molecule has 134 heavy (non-hydrogen) atoms. The van der Waals surface area contributed by atoms with Crippen LogP contribution in [-0.2, 0) is 15.2 Å². The Morgan fingerprint density at radius 1 is 0.582 bits per heavy atom. The molecule has 11 aromatic heterocycles. The van der Waals surface area contributed by atoms with Crippen LogP contribution in [-0.4, -0.2) is 107 Å². The summed E-state index contributed by atoms with van der Waals surface area (Å²) in [6.45, 7) is 25.5. The number of pyridine rings is 11. The van der Waals surface area contributed by atoms with E-state index in [-0.39, 0.29) is 152 Å². The summed E-state index contributed by atoms with van der Waals surface area (Å²) in [4.78, 5) is 94.3. The molecule has 11 aromatic rings. The summed E-state index contributed by atoms with van der Waals surface area (Å²) in [5.74, 6) is 1.46. The zero-order chi connectivity index (χ0) is 98.3. The van der Waals surface area contributed by atoms with Gasteiger partial charge in [0, 0.05) is 165 Å². The first-order chi connectivity index (χ1) is 59.2. The number of H-pyrrole nitrogens is 1. The summed E-state index contributed by atoms with van der Waals surface area (Å²) in [5, 5.41) is 43.7. The number of anilines is 5. The molecule has 0 saturated heterocycles. The fraction of sp³-hybridized carbons (Fsp3) is 0.296. The predicted octanol–water partition coefficient (Wildman–Crippen LogP) is 16.1. The number of nitrogens with zero attached hydrogens (tertiary/aromatic N) is 13. The summed E-state index contributed by atoms with van der Waals surface area (Å²) >= 11 is 44.0. The van der Waals surface area contributed by atoms with Gasteiger partial charge in [-0.05, 0) is 201 Å². The van der Waals surface area contributed by atoms with E-state index in [0.717, 1.165) is 134 Å². The average Bonchev–Trinajstić information content (AvgIpc) is 1.32. The second-order valence-corrected chi connectivity index (χ2v) is 33.8. The van der Waals surface area contributed by atoms with Crippen molar-refractivity contribution in [3.05, 3.63) is 312 Å². The molecular weight excluding hydrogens is 2310 g/mol. The average molecular weight is 2420 g/mol. The number of nitrogens with two attached hydrogens (primary N) is 3. The number of carbonyl (C=O) groups is 2. The maximum absolute atomic E-state index is 13.6. The van der Waals surface area contributed by atoms with Crippen LogP contribution in [0.25, 0.3) is 11.1 Å². The van der Waals surface area contributed by atoms with Gasteiger partial charge in [0.05, 0.1) is 17.1 Å². The molecule has 1 fully saturated rings. The van der Waals surface area contributed by atoms with Crippen LogP contribution in [0.3, 0.4) is 0 Å². The third-order valence-electron chi connectivity index (χ3n) is 13.5. The number of hydrogen-bond acceptors (Lipinski definition) is 29. The topological polar surface area (TPSA) is 553 Å². The fourth-order valence-corrected chi connectivity index (χ4v) is 8.85. The molecule has 0 unspecified atom stereocenters. The minimum Gasteiger partial charge on any atom is -0.619 e. The van der Waals surface area contributed by atoms with Crippen molar-refractivity contribution in [1.29, 1.82) is 0 Å². The van der Waals surface area contributed by atoms with E-state index in [9.17, 15) is 32.4 Å². The molecule has 726 valence electrons. The first-order valence-corrected chi connectivity index (χ1v) is 43.3. The number of hydrogen-bond donors (Lipinski definition) is 8. The Labute approximate surface area is 919 Å². The molecule has 0 spiro atoms. The number of nitrogen functional groups attached to an aromatic ring is 3. The number of amides is 1. The van der Waals surface area contributed by atoms with Crippen molar-refractivity contribution in [2.45, 2.75) is 155 Å². The molecule has 0 radical (unpaired) electrons. The van der Waals surface area contributed by atoms with Crippen LogP contribution >= 0.6 is 154 Å². The van der Waals surface area contributed by atoms with Crippen LogP contribution in [0.4, 0.5) is 46.4 Å². The SMILES string of the molecule is C.C.C.C.Cc1c[n+]([O-])ccc1Br.Cc1c[nH]c(=O)cc1Br.Cc1cnc(N)cc1Br.Cc1cnc(NC(C)(C)C)cc1Br.Cc1cnc(OC2CC2)cc1-c1ccc(NC(=O)c2cncc(F)c2C)nc1.Cc1cnccc1Br.Cc1cnccc1Br.Cc1cnccc1N.Cc1cnccc1N.ClC(Cl)Cl.ClCCl.O=CC(F)(F)F.O=N[O-].O=N[O-].O=N[O-].O=S(=O)(O)O.[Na+].[Na+].[Na+]. The molecule has 12 rings (SSSR count). The number of aryl methyl sites for hydroxylation is 9. The van der Waals surface area contributed by atoms with Crippen LogP contribution in [0.5, 0.6) is 5.88 Å².